The lowest BCUT2D eigenvalue weighted by Gasteiger charge is -2.33. The zero-order valence-corrected chi connectivity index (χ0v) is 12.3. The molecule has 0 saturated carbocycles. The van der Waals surface area contributed by atoms with E-state index in [0.717, 1.165) is 31.0 Å². The highest BCUT2D eigenvalue weighted by Crippen LogP contribution is 2.33. The maximum Gasteiger partial charge on any atom is 0.328 e. The van der Waals surface area contributed by atoms with Gasteiger partial charge in [0.1, 0.15) is 5.41 Å². The van der Waals surface area contributed by atoms with Crippen molar-refractivity contribution in [3.63, 3.8) is 0 Å². The van der Waals surface area contributed by atoms with Crippen molar-refractivity contribution < 1.29 is 14.4 Å². The average Bonchev–Trinajstić information content (AvgIpc) is 2.34. The van der Waals surface area contributed by atoms with E-state index in [1.54, 1.807) is 0 Å². The lowest BCUT2D eigenvalue weighted by molar-refractivity contribution is -0.145. The van der Waals surface area contributed by atoms with Gasteiger partial charge in [-0.3, -0.25) is 25.6 Å². The van der Waals surface area contributed by atoms with E-state index in [9.17, 15) is 14.4 Å². The van der Waals surface area contributed by atoms with E-state index in [1.807, 2.05) is 6.92 Å². The van der Waals surface area contributed by atoms with Gasteiger partial charge < -0.3 is 5.73 Å². The lowest BCUT2D eigenvalue weighted by atomic mass is 9.77. The topological polar surface area (TPSA) is 125 Å². The molecule has 1 saturated heterocycles. The van der Waals surface area contributed by atoms with Crippen LogP contribution < -0.4 is 16.4 Å². The van der Waals surface area contributed by atoms with Gasteiger partial charge in [-0.1, -0.05) is 37.9 Å². The molecule has 20 heavy (non-hydrogen) atoms. The highest BCUT2D eigenvalue weighted by Gasteiger charge is 2.49. The molecule has 0 bridgehead atoms. The molecule has 0 aromatic heterocycles. The number of amidine groups is 1. The highest BCUT2D eigenvalue weighted by atomic mass is 32.2. The van der Waals surface area contributed by atoms with Crippen LogP contribution in [-0.4, -0.2) is 28.8 Å². The Balaban J connectivity index is 2.81. The van der Waals surface area contributed by atoms with Crippen molar-refractivity contribution >= 4 is 34.8 Å². The van der Waals surface area contributed by atoms with Crippen molar-refractivity contribution in [2.45, 2.75) is 39.0 Å². The molecule has 1 aliphatic heterocycles. The monoisotopic (exact) mass is 300 g/mol. The van der Waals surface area contributed by atoms with Crippen molar-refractivity contribution in [3.05, 3.63) is 0 Å². The normalized spacial score (nSPS) is 17.6. The minimum absolute atomic E-state index is 0.0542. The molecule has 0 radical (unpaired) electrons. The number of rotatable bonds is 7. The standard InChI is InChI=1S/C12H20N4O3S/c1-2-3-4-5-12(6-7-20-10(13)14)8(17)15-11(19)16-9(12)18/h2-7H2,1H3,(H3,13,14)(H2,15,16,17,18,19). The predicted octanol–water partition coefficient (Wildman–Crippen LogP) is 0.936. The number of carbonyl (C=O) groups excluding carboxylic acids is 3. The van der Waals surface area contributed by atoms with Crippen LogP contribution in [0.1, 0.15) is 39.0 Å². The van der Waals surface area contributed by atoms with Crippen LogP contribution in [0.3, 0.4) is 0 Å². The molecule has 0 aromatic carbocycles. The summed E-state index contributed by atoms with van der Waals surface area (Å²) in [5.74, 6) is -0.714. The third-order valence-corrected chi connectivity index (χ3v) is 4.04. The fourth-order valence-electron chi connectivity index (χ4n) is 2.17. The van der Waals surface area contributed by atoms with Crippen molar-refractivity contribution in [2.75, 3.05) is 5.75 Å². The smallest absolute Gasteiger partial charge is 0.328 e. The lowest BCUT2D eigenvalue weighted by Crippen LogP contribution is -2.62. The molecular formula is C12H20N4O3S. The van der Waals surface area contributed by atoms with Gasteiger partial charge >= 0.3 is 6.03 Å². The van der Waals surface area contributed by atoms with Crippen LogP contribution >= 0.6 is 11.8 Å². The number of nitrogens with one attached hydrogen (secondary N) is 3. The summed E-state index contributed by atoms with van der Waals surface area (Å²) in [4.78, 5) is 35.4. The number of nitrogens with two attached hydrogens (primary N) is 1. The van der Waals surface area contributed by atoms with E-state index in [2.05, 4.69) is 10.6 Å². The Bertz CT molecular complexity index is 405. The number of urea groups is 1. The van der Waals surface area contributed by atoms with Gasteiger partial charge in [0.05, 0.1) is 0 Å². The van der Waals surface area contributed by atoms with E-state index in [4.69, 9.17) is 11.1 Å². The summed E-state index contributed by atoms with van der Waals surface area (Å²) in [5.41, 5.74) is 4.02. The number of hydrogen-bond donors (Lipinski definition) is 4. The summed E-state index contributed by atoms with van der Waals surface area (Å²) in [6, 6.07) is -0.773. The molecule has 1 aliphatic rings. The number of imide groups is 2. The van der Waals surface area contributed by atoms with Crippen LogP contribution in [0.15, 0.2) is 0 Å². The quantitative estimate of drug-likeness (QED) is 0.241. The highest BCUT2D eigenvalue weighted by molar-refractivity contribution is 8.13. The average molecular weight is 300 g/mol. The summed E-state index contributed by atoms with van der Waals surface area (Å²) in [5, 5.41) is 11.4. The Morgan fingerprint density at radius 1 is 1.20 bits per heavy atom. The first-order valence-electron chi connectivity index (χ1n) is 6.56. The maximum absolute atomic E-state index is 12.1. The molecule has 0 aromatic rings. The largest absolute Gasteiger partial charge is 0.379 e. The molecule has 4 amide bonds. The van der Waals surface area contributed by atoms with Gasteiger partial charge in [-0.2, -0.15) is 0 Å². The molecule has 112 valence electrons. The summed E-state index contributed by atoms with van der Waals surface area (Å²) in [6.45, 7) is 2.03. The zero-order chi connectivity index (χ0) is 15.2. The van der Waals surface area contributed by atoms with Gasteiger partial charge in [-0.15, -0.1) is 0 Å². The van der Waals surface area contributed by atoms with Crippen molar-refractivity contribution in [3.8, 4) is 0 Å². The van der Waals surface area contributed by atoms with Gasteiger partial charge in [0.15, 0.2) is 5.17 Å². The fourth-order valence-corrected chi connectivity index (χ4v) is 2.84. The van der Waals surface area contributed by atoms with Crippen molar-refractivity contribution in [2.24, 2.45) is 11.1 Å². The molecule has 0 spiro atoms. The minimum Gasteiger partial charge on any atom is -0.379 e. The van der Waals surface area contributed by atoms with Gasteiger partial charge in [0.25, 0.3) is 0 Å². The number of amides is 4. The predicted molar refractivity (Wildman–Crippen MR) is 77.2 cm³/mol. The minimum atomic E-state index is -1.23. The molecule has 1 rings (SSSR count). The van der Waals surface area contributed by atoms with E-state index in [1.165, 1.54) is 0 Å². The molecule has 8 heteroatoms. The SMILES string of the molecule is CCCCCC1(CCSC(=N)N)C(=O)NC(=O)NC1=O. The number of unbranched alkanes of at least 4 members (excludes halogenated alkanes) is 2. The summed E-state index contributed by atoms with van der Waals surface area (Å²) < 4.78 is 0. The van der Waals surface area contributed by atoms with E-state index < -0.39 is 23.3 Å². The number of barbiturate groups is 1. The van der Waals surface area contributed by atoms with E-state index >= 15 is 0 Å². The summed E-state index contributed by atoms with van der Waals surface area (Å²) >= 11 is 1.08. The fraction of sp³-hybridized carbons (Fsp3) is 0.667. The number of thioether (sulfide) groups is 1. The van der Waals surface area contributed by atoms with E-state index in [-0.39, 0.29) is 11.6 Å². The zero-order valence-electron chi connectivity index (χ0n) is 11.5. The third kappa shape index (κ3) is 3.96. The Labute approximate surface area is 121 Å². The van der Waals surface area contributed by atoms with Crippen molar-refractivity contribution in [1.82, 2.24) is 10.6 Å². The number of hydrogen-bond acceptors (Lipinski definition) is 5. The molecule has 0 atom stereocenters. The Morgan fingerprint density at radius 3 is 2.30 bits per heavy atom. The van der Waals surface area contributed by atoms with Crippen LogP contribution in [0.5, 0.6) is 0 Å². The second-order valence-electron chi connectivity index (χ2n) is 4.74. The second kappa shape index (κ2) is 7.28. The van der Waals surface area contributed by atoms with Gasteiger partial charge in [-0.25, -0.2) is 4.79 Å². The van der Waals surface area contributed by atoms with Crippen molar-refractivity contribution in [1.29, 1.82) is 5.41 Å². The molecule has 0 aliphatic carbocycles. The van der Waals surface area contributed by atoms with Crippen LogP contribution in [-0.2, 0) is 9.59 Å². The summed E-state index contributed by atoms with van der Waals surface area (Å²) in [7, 11) is 0. The maximum atomic E-state index is 12.1. The molecule has 5 N–H and O–H groups in total. The molecule has 0 unspecified atom stereocenters. The first-order valence-corrected chi connectivity index (χ1v) is 7.54. The van der Waals surface area contributed by atoms with Crippen LogP contribution in [0.25, 0.3) is 0 Å². The number of carbonyl (C=O) groups is 3. The Morgan fingerprint density at radius 2 is 1.80 bits per heavy atom. The van der Waals surface area contributed by atoms with Crippen LogP contribution in [0.4, 0.5) is 4.79 Å². The second-order valence-corrected chi connectivity index (χ2v) is 5.88. The Hall–Kier alpha value is -1.57. The Kier molecular flexibility index (Phi) is 6.00. The molecular weight excluding hydrogens is 280 g/mol. The van der Waals surface area contributed by atoms with Crippen LogP contribution in [0.2, 0.25) is 0 Å². The van der Waals surface area contributed by atoms with E-state index in [0.29, 0.717) is 12.2 Å². The molecule has 1 fully saturated rings. The van der Waals surface area contributed by atoms with Gasteiger partial charge in [0.2, 0.25) is 11.8 Å². The summed E-state index contributed by atoms with van der Waals surface area (Å²) in [6.07, 6.45) is 3.27. The molecule has 1 heterocycles. The van der Waals surface area contributed by atoms with Gasteiger partial charge in [0, 0.05) is 5.75 Å². The third-order valence-electron chi connectivity index (χ3n) is 3.32. The first kappa shape index (κ1) is 16.5. The first-order chi connectivity index (χ1) is 9.42. The van der Waals surface area contributed by atoms with Crippen LogP contribution in [0, 0.1) is 10.8 Å². The molecule has 7 nitrogen and oxygen atoms in total. The van der Waals surface area contributed by atoms with Gasteiger partial charge in [-0.05, 0) is 12.8 Å².